The second-order valence-corrected chi connectivity index (χ2v) is 6.09. The minimum atomic E-state index is 0.723. The van der Waals surface area contributed by atoms with Gasteiger partial charge in [0.15, 0.2) is 0 Å². The summed E-state index contributed by atoms with van der Waals surface area (Å²) in [6.45, 7) is 6.70. The molecule has 1 aliphatic rings. The van der Waals surface area contributed by atoms with Gasteiger partial charge in [0.25, 0.3) is 0 Å². The van der Waals surface area contributed by atoms with Crippen molar-refractivity contribution in [3.63, 3.8) is 0 Å². The van der Waals surface area contributed by atoms with Crippen LogP contribution < -0.4 is 5.32 Å². The van der Waals surface area contributed by atoms with Gasteiger partial charge < -0.3 is 9.88 Å². The summed E-state index contributed by atoms with van der Waals surface area (Å²) >= 11 is 0. The van der Waals surface area contributed by atoms with Crippen LogP contribution in [0.3, 0.4) is 0 Å². The van der Waals surface area contributed by atoms with Crippen molar-refractivity contribution in [3.8, 4) is 0 Å². The number of rotatable bonds is 7. The maximum Gasteiger partial charge on any atom is 0.109 e. The molecule has 0 spiro atoms. The number of benzene rings is 1. The molecule has 1 fully saturated rings. The Balaban J connectivity index is 1.63. The molecular formula is C17H25N3. The number of para-hydroxylation sites is 2. The molecule has 3 nitrogen and oxygen atoms in total. The third-order valence-electron chi connectivity index (χ3n) is 4.24. The quantitative estimate of drug-likeness (QED) is 0.836. The van der Waals surface area contributed by atoms with Crippen LogP contribution in [0.25, 0.3) is 11.0 Å². The van der Waals surface area contributed by atoms with Crippen LogP contribution in [0.5, 0.6) is 0 Å². The van der Waals surface area contributed by atoms with Crippen LogP contribution in [0.2, 0.25) is 0 Å². The van der Waals surface area contributed by atoms with E-state index in [0.29, 0.717) is 0 Å². The first kappa shape index (κ1) is 13.6. The lowest BCUT2D eigenvalue weighted by Crippen LogP contribution is -2.23. The van der Waals surface area contributed by atoms with E-state index in [0.717, 1.165) is 37.0 Å². The summed E-state index contributed by atoms with van der Waals surface area (Å²) in [5, 5.41) is 3.62. The van der Waals surface area contributed by atoms with Crippen molar-refractivity contribution in [2.75, 3.05) is 6.54 Å². The minimum absolute atomic E-state index is 0.723. The van der Waals surface area contributed by atoms with E-state index in [2.05, 4.69) is 48.0 Å². The van der Waals surface area contributed by atoms with Crippen molar-refractivity contribution in [2.45, 2.75) is 52.1 Å². The second kappa shape index (κ2) is 5.96. The van der Waals surface area contributed by atoms with Crippen LogP contribution in [0, 0.1) is 5.92 Å². The van der Waals surface area contributed by atoms with E-state index in [1.54, 1.807) is 0 Å². The first-order valence-electron chi connectivity index (χ1n) is 7.95. The fourth-order valence-electron chi connectivity index (χ4n) is 2.80. The van der Waals surface area contributed by atoms with Gasteiger partial charge in [-0.3, -0.25) is 0 Å². The zero-order valence-electron chi connectivity index (χ0n) is 12.6. The van der Waals surface area contributed by atoms with E-state index < -0.39 is 0 Å². The van der Waals surface area contributed by atoms with Gasteiger partial charge in [-0.1, -0.05) is 19.1 Å². The summed E-state index contributed by atoms with van der Waals surface area (Å²) in [6, 6.07) is 9.28. The Bertz CT molecular complexity index is 569. The average molecular weight is 271 g/mol. The van der Waals surface area contributed by atoms with Crippen LogP contribution >= 0.6 is 0 Å². The number of imidazole rings is 1. The third-order valence-corrected chi connectivity index (χ3v) is 4.24. The molecule has 20 heavy (non-hydrogen) atoms. The highest BCUT2D eigenvalue weighted by atomic mass is 15.1. The topological polar surface area (TPSA) is 29.9 Å². The molecule has 1 atom stereocenters. The fourth-order valence-corrected chi connectivity index (χ4v) is 2.80. The summed E-state index contributed by atoms with van der Waals surface area (Å²) in [4.78, 5) is 4.81. The van der Waals surface area contributed by atoms with Crippen molar-refractivity contribution in [2.24, 2.45) is 5.92 Å². The number of hydrogen-bond acceptors (Lipinski definition) is 2. The van der Waals surface area contributed by atoms with E-state index >= 15 is 0 Å². The number of nitrogens with zero attached hydrogens (tertiary/aromatic N) is 2. The van der Waals surface area contributed by atoms with Crippen LogP contribution in [-0.2, 0) is 13.0 Å². The highest BCUT2D eigenvalue weighted by Crippen LogP contribution is 2.20. The molecule has 0 saturated heterocycles. The molecule has 0 radical (unpaired) electrons. The van der Waals surface area contributed by atoms with Crippen molar-refractivity contribution in [1.29, 1.82) is 0 Å². The second-order valence-electron chi connectivity index (χ2n) is 6.09. The normalized spacial score (nSPS) is 16.7. The van der Waals surface area contributed by atoms with E-state index in [4.69, 9.17) is 4.98 Å². The maximum atomic E-state index is 4.81. The molecule has 108 valence electrons. The number of aryl methyl sites for hydroxylation is 2. The van der Waals surface area contributed by atoms with Gasteiger partial charge in [0.2, 0.25) is 0 Å². The predicted molar refractivity (Wildman–Crippen MR) is 83.9 cm³/mol. The van der Waals surface area contributed by atoms with Crippen LogP contribution in [0.15, 0.2) is 24.3 Å². The minimum Gasteiger partial charge on any atom is -0.328 e. The lowest BCUT2D eigenvalue weighted by molar-refractivity contribution is 0.471. The lowest BCUT2D eigenvalue weighted by Gasteiger charge is -2.12. The Kier molecular flexibility index (Phi) is 4.06. The van der Waals surface area contributed by atoms with Gasteiger partial charge >= 0.3 is 0 Å². The first-order chi connectivity index (χ1) is 9.78. The number of hydrogen-bond donors (Lipinski definition) is 1. The molecule has 0 aliphatic heterocycles. The highest BCUT2D eigenvalue weighted by Gasteiger charge is 2.21. The Morgan fingerprint density at radius 3 is 2.90 bits per heavy atom. The van der Waals surface area contributed by atoms with Gasteiger partial charge in [-0.15, -0.1) is 0 Å². The Hall–Kier alpha value is -1.35. The molecule has 3 heteroatoms. The molecule has 0 amide bonds. The third kappa shape index (κ3) is 3.04. The Morgan fingerprint density at radius 1 is 1.35 bits per heavy atom. The summed E-state index contributed by atoms with van der Waals surface area (Å²) in [7, 11) is 0. The summed E-state index contributed by atoms with van der Waals surface area (Å²) < 4.78 is 2.36. The zero-order chi connectivity index (χ0) is 13.9. The molecule has 1 N–H and O–H groups in total. The molecule has 1 unspecified atom stereocenters. The molecule has 1 aliphatic carbocycles. The smallest absolute Gasteiger partial charge is 0.109 e. The molecule has 3 rings (SSSR count). The van der Waals surface area contributed by atoms with Crippen molar-refractivity contribution >= 4 is 11.0 Å². The lowest BCUT2D eigenvalue weighted by atomic mass is 10.1. The number of fused-ring (bicyclic) bond motifs is 1. The van der Waals surface area contributed by atoms with Crippen LogP contribution in [0.1, 0.15) is 38.9 Å². The number of nitrogens with one attached hydrogen (secondary N) is 1. The van der Waals surface area contributed by atoms with Crippen molar-refractivity contribution < 1.29 is 0 Å². The number of aromatic nitrogens is 2. The maximum absolute atomic E-state index is 4.81. The molecule has 2 aromatic rings. The largest absolute Gasteiger partial charge is 0.328 e. The van der Waals surface area contributed by atoms with E-state index in [-0.39, 0.29) is 0 Å². The summed E-state index contributed by atoms with van der Waals surface area (Å²) in [6.07, 6.45) is 5.04. The monoisotopic (exact) mass is 271 g/mol. The van der Waals surface area contributed by atoms with Gasteiger partial charge in [-0.25, -0.2) is 4.98 Å². The van der Waals surface area contributed by atoms with Gasteiger partial charge in [0.1, 0.15) is 5.82 Å². The van der Waals surface area contributed by atoms with Gasteiger partial charge in [0.05, 0.1) is 11.0 Å². The van der Waals surface area contributed by atoms with Crippen molar-refractivity contribution in [1.82, 2.24) is 14.9 Å². The standard InChI is InChI=1S/C17H25N3/c1-3-20-16-7-5-4-6-15(16)19-17(20)11-8-13(2)12-18-14-9-10-14/h4-7,13-14,18H,3,8-12H2,1-2H3. The zero-order valence-corrected chi connectivity index (χ0v) is 12.6. The van der Waals surface area contributed by atoms with Crippen LogP contribution in [-0.4, -0.2) is 22.1 Å². The molecule has 1 aromatic heterocycles. The summed E-state index contributed by atoms with van der Waals surface area (Å²) in [5.74, 6) is 1.97. The Labute approximate surface area is 121 Å². The molecule has 1 heterocycles. The van der Waals surface area contributed by atoms with E-state index in [1.807, 2.05) is 0 Å². The van der Waals surface area contributed by atoms with E-state index in [1.165, 1.54) is 30.6 Å². The molecule has 1 aromatic carbocycles. The first-order valence-corrected chi connectivity index (χ1v) is 7.95. The van der Waals surface area contributed by atoms with Gasteiger partial charge in [0, 0.05) is 19.0 Å². The predicted octanol–water partition coefficient (Wildman–Crippen LogP) is 3.38. The molecule has 1 saturated carbocycles. The SMILES string of the molecule is CCn1c(CCC(C)CNC2CC2)nc2ccccc21. The fraction of sp³-hybridized carbons (Fsp3) is 0.588. The van der Waals surface area contributed by atoms with Gasteiger partial charge in [-0.05, 0) is 50.8 Å². The van der Waals surface area contributed by atoms with Crippen LogP contribution in [0.4, 0.5) is 0 Å². The van der Waals surface area contributed by atoms with Gasteiger partial charge in [-0.2, -0.15) is 0 Å². The van der Waals surface area contributed by atoms with Crippen molar-refractivity contribution in [3.05, 3.63) is 30.1 Å². The Morgan fingerprint density at radius 2 is 2.15 bits per heavy atom. The molecule has 0 bridgehead atoms. The average Bonchev–Trinajstić information content (AvgIpc) is 3.22. The summed E-state index contributed by atoms with van der Waals surface area (Å²) in [5.41, 5.74) is 2.40. The van der Waals surface area contributed by atoms with E-state index in [9.17, 15) is 0 Å². The molecular weight excluding hydrogens is 246 g/mol. The highest BCUT2D eigenvalue weighted by molar-refractivity contribution is 5.75.